The fourth-order valence-electron chi connectivity index (χ4n) is 2.28. The second kappa shape index (κ2) is 9.96. The van der Waals surface area contributed by atoms with Crippen LogP contribution in [0.25, 0.3) is 0 Å². The van der Waals surface area contributed by atoms with Crippen molar-refractivity contribution in [2.45, 2.75) is 13.8 Å². The van der Waals surface area contributed by atoms with Crippen molar-refractivity contribution < 1.29 is 23.8 Å². The monoisotopic (exact) mass is 370 g/mol. The molecule has 2 aromatic rings. The number of carbonyl (C=O) groups excluding carboxylic acids is 2. The van der Waals surface area contributed by atoms with Crippen LogP contribution < -0.4 is 14.9 Å². The summed E-state index contributed by atoms with van der Waals surface area (Å²) in [6, 6.07) is 12.3. The summed E-state index contributed by atoms with van der Waals surface area (Å²) in [6.07, 6.45) is 1.49. The number of benzene rings is 2. The third-order valence-electron chi connectivity index (χ3n) is 3.61. The van der Waals surface area contributed by atoms with Crippen LogP contribution in [0.1, 0.15) is 28.4 Å². The van der Waals surface area contributed by atoms with E-state index in [1.165, 1.54) is 13.3 Å². The molecule has 0 heterocycles. The Balaban J connectivity index is 2.00. The van der Waals surface area contributed by atoms with E-state index in [1.807, 2.05) is 19.1 Å². The summed E-state index contributed by atoms with van der Waals surface area (Å²) in [5.41, 5.74) is 4.62. The van der Waals surface area contributed by atoms with Crippen molar-refractivity contribution in [2.24, 2.45) is 5.10 Å². The second-order valence-corrected chi connectivity index (χ2v) is 5.52. The topological polar surface area (TPSA) is 86.2 Å². The Hall–Kier alpha value is -3.35. The Kier molecular flexibility index (Phi) is 7.37. The summed E-state index contributed by atoms with van der Waals surface area (Å²) in [5.74, 6) is 0.106. The summed E-state index contributed by atoms with van der Waals surface area (Å²) >= 11 is 0. The van der Waals surface area contributed by atoms with Crippen LogP contribution >= 0.6 is 0 Å². The smallest absolute Gasteiger partial charge is 0.344 e. The summed E-state index contributed by atoms with van der Waals surface area (Å²) in [5, 5.41) is 3.97. The maximum atomic E-state index is 12.1. The van der Waals surface area contributed by atoms with Gasteiger partial charge in [0, 0.05) is 5.56 Å². The molecule has 0 aromatic heterocycles. The van der Waals surface area contributed by atoms with Gasteiger partial charge in [0.05, 0.1) is 19.9 Å². The van der Waals surface area contributed by atoms with Crippen molar-refractivity contribution in [1.29, 1.82) is 0 Å². The van der Waals surface area contributed by atoms with Gasteiger partial charge in [-0.3, -0.25) is 4.79 Å². The summed E-state index contributed by atoms with van der Waals surface area (Å²) < 4.78 is 15.5. The predicted molar refractivity (Wildman–Crippen MR) is 101 cm³/mol. The zero-order chi connectivity index (χ0) is 19.6. The van der Waals surface area contributed by atoms with Crippen molar-refractivity contribution in [3.63, 3.8) is 0 Å². The van der Waals surface area contributed by atoms with Crippen LogP contribution in [0, 0.1) is 6.92 Å². The number of nitrogens with one attached hydrogen (secondary N) is 1. The number of carbonyl (C=O) groups is 2. The molecule has 0 fully saturated rings. The van der Waals surface area contributed by atoms with E-state index in [9.17, 15) is 9.59 Å². The van der Waals surface area contributed by atoms with Gasteiger partial charge in [-0.2, -0.15) is 5.10 Å². The van der Waals surface area contributed by atoms with Crippen LogP contribution in [0.3, 0.4) is 0 Å². The van der Waals surface area contributed by atoms with E-state index in [0.717, 1.165) is 5.56 Å². The molecule has 0 aliphatic rings. The Bertz CT molecular complexity index is 833. The van der Waals surface area contributed by atoms with E-state index in [4.69, 9.17) is 14.2 Å². The first-order chi connectivity index (χ1) is 13.0. The first-order valence-electron chi connectivity index (χ1n) is 8.40. The molecule has 2 rings (SSSR count). The number of aryl methyl sites for hydroxylation is 1. The molecule has 0 aliphatic carbocycles. The first kappa shape index (κ1) is 20.0. The van der Waals surface area contributed by atoms with Crippen LogP contribution in [-0.2, 0) is 9.53 Å². The quantitative estimate of drug-likeness (QED) is 0.439. The van der Waals surface area contributed by atoms with Gasteiger partial charge in [0.25, 0.3) is 5.91 Å². The highest BCUT2D eigenvalue weighted by atomic mass is 16.6. The molecule has 0 spiro atoms. The van der Waals surface area contributed by atoms with Gasteiger partial charge in [0.15, 0.2) is 18.1 Å². The molecular weight excluding hydrogens is 348 g/mol. The van der Waals surface area contributed by atoms with Gasteiger partial charge in [-0.25, -0.2) is 10.2 Å². The third kappa shape index (κ3) is 5.85. The Morgan fingerprint density at radius 2 is 1.93 bits per heavy atom. The second-order valence-electron chi connectivity index (χ2n) is 5.52. The fraction of sp³-hybridized carbons (Fsp3) is 0.250. The number of ether oxygens (including phenoxy) is 3. The maximum Gasteiger partial charge on any atom is 0.344 e. The molecule has 2 aromatic carbocycles. The van der Waals surface area contributed by atoms with Gasteiger partial charge in [-0.15, -0.1) is 0 Å². The number of hydrogen-bond acceptors (Lipinski definition) is 6. The Morgan fingerprint density at radius 1 is 1.15 bits per heavy atom. The number of hydrogen-bond donors (Lipinski definition) is 1. The van der Waals surface area contributed by atoms with E-state index in [0.29, 0.717) is 29.2 Å². The van der Waals surface area contributed by atoms with Crippen LogP contribution in [0.5, 0.6) is 11.5 Å². The third-order valence-corrected chi connectivity index (χ3v) is 3.61. The minimum absolute atomic E-state index is 0.204. The standard InChI is InChI=1S/C20H22N2O5/c1-4-26-19(23)13-27-17-10-9-15(11-18(17)25-3)12-21-22-20(24)16-8-6-5-7-14(16)2/h5-12H,4,13H2,1-3H3,(H,22,24)/b21-12-. The van der Waals surface area contributed by atoms with Crippen molar-refractivity contribution >= 4 is 18.1 Å². The van der Waals surface area contributed by atoms with Crippen LogP contribution in [0.15, 0.2) is 47.6 Å². The highest BCUT2D eigenvalue weighted by Crippen LogP contribution is 2.27. The largest absolute Gasteiger partial charge is 0.493 e. The SMILES string of the molecule is CCOC(=O)COc1ccc(/C=N\NC(=O)c2ccccc2C)cc1OC. The zero-order valence-corrected chi connectivity index (χ0v) is 15.5. The van der Waals surface area contributed by atoms with Crippen molar-refractivity contribution in [3.8, 4) is 11.5 Å². The maximum absolute atomic E-state index is 12.1. The van der Waals surface area contributed by atoms with Gasteiger partial charge in [0.1, 0.15) is 0 Å². The summed E-state index contributed by atoms with van der Waals surface area (Å²) in [7, 11) is 1.49. The molecule has 7 heteroatoms. The normalized spacial score (nSPS) is 10.5. The molecule has 0 saturated carbocycles. The number of amides is 1. The van der Waals surface area contributed by atoms with E-state index >= 15 is 0 Å². The molecule has 27 heavy (non-hydrogen) atoms. The highest BCUT2D eigenvalue weighted by molar-refractivity contribution is 5.96. The van der Waals surface area contributed by atoms with Gasteiger partial charge in [-0.05, 0) is 49.2 Å². The van der Waals surface area contributed by atoms with E-state index in [2.05, 4.69) is 10.5 Å². The van der Waals surface area contributed by atoms with Crippen LogP contribution in [-0.4, -0.2) is 38.4 Å². The average Bonchev–Trinajstić information content (AvgIpc) is 2.67. The van der Waals surface area contributed by atoms with Gasteiger partial charge < -0.3 is 14.2 Å². The molecule has 1 N–H and O–H groups in total. The molecule has 7 nitrogen and oxygen atoms in total. The molecule has 142 valence electrons. The van der Waals surface area contributed by atoms with Crippen molar-refractivity contribution in [3.05, 3.63) is 59.2 Å². The molecule has 0 radical (unpaired) electrons. The molecular formula is C20H22N2O5. The molecule has 0 bridgehead atoms. The van der Waals surface area contributed by atoms with E-state index < -0.39 is 5.97 Å². The zero-order valence-electron chi connectivity index (χ0n) is 15.5. The molecule has 0 saturated heterocycles. The number of rotatable bonds is 8. The summed E-state index contributed by atoms with van der Waals surface area (Å²) in [6.45, 7) is 3.68. The average molecular weight is 370 g/mol. The minimum atomic E-state index is -0.455. The number of nitrogens with zero attached hydrogens (tertiary/aromatic N) is 1. The lowest BCUT2D eigenvalue weighted by atomic mass is 10.1. The summed E-state index contributed by atoms with van der Waals surface area (Å²) in [4.78, 5) is 23.5. The number of methoxy groups -OCH3 is 1. The molecule has 1 amide bonds. The molecule has 0 aliphatic heterocycles. The minimum Gasteiger partial charge on any atom is -0.493 e. The highest BCUT2D eigenvalue weighted by Gasteiger charge is 2.09. The Morgan fingerprint density at radius 3 is 2.63 bits per heavy atom. The van der Waals surface area contributed by atoms with Crippen LogP contribution in [0.2, 0.25) is 0 Å². The van der Waals surface area contributed by atoms with E-state index in [-0.39, 0.29) is 12.5 Å². The molecule has 0 unspecified atom stereocenters. The predicted octanol–water partition coefficient (Wildman–Crippen LogP) is 2.71. The molecule has 0 atom stereocenters. The van der Waals surface area contributed by atoms with Gasteiger partial charge in [0.2, 0.25) is 0 Å². The van der Waals surface area contributed by atoms with E-state index in [1.54, 1.807) is 37.3 Å². The first-order valence-corrected chi connectivity index (χ1v) is 8.40. The lowest BCUT2D eigenvalue weighted by Gasteiger charge is -2.10. The van der Waals surface area contributed by atoms with Gasteiger partial charge in [-0.1, -0.05) is 18.2 Å². The Labute approximate surface area is 157 Å². The van der Waals surface area contributed by atoms with Crippen molar-refractivity contribution in [2.75, 3.05) is 20.3 Å². The number of hydrazone groups is 1. The number of esters is 1. The van der Waals surface area contributed by atoms with Gasteiger partial charge >= 0.3 is 5.97 Å². The lowest BCUT2D eigenvalue weighted by molar-refractivity contribution is -0.145. The lowest BCUT2D eigenvalue weighted by Crippen LogP contribution is -2.18. The van der Waals surface area contributed by atoms with Crippen molar-refractivity contribution in [1.82, 2.24) is 5.43 Å². The van der Waals surface area contributed by atoms with Crippen LogP contribution in [0.4, 0.5) is 0 Å². The fourth-order valence-corrected chi connectivity index (χ4v) is 2.28.